The third-order valence-electron chi connectivity index (χ3n) is 2.78. The van der Waals surface area contributed by atoms with Crippen LogP contribution in [0, 0.1) is 0 Å². The van der Waals surface area contributed by atoms with E-state index >= 15 is 0 Å². The zero-order valence-electron chi connectivity index (χ0n) is 11.3. The Morgan fingerprint density at radius 2 is 2.00 bits per heavy atom. The van der Waals surface area contributed by atoms with Crippen LogP contribution in [0.3, 0.4) is 0 Å². The molecule has 0 aliphatic heterocycles. The first-order valence-electron chi connectivity index (χ1n) is 6.12. The van der Waals surface area contributed by atoms with E-state index in [1.807, 2.05) is 25.2 Å². The van der Waals surface area contributed by atoms with Crippen LogP contribution in [0.1, 0.15) is 5.56 Å². The van der Waals surface area contributed by atoms with Crippen LogP contribution in [0.15, 0.2) is 30.3 Å². The minimum absolute atomic E-state index is 0.00966. The standard InChI is InChI=1S/C14H22N2O2/c1-15-13(9-12-7-5-4-6-8-12)10-18-11-14(17)16(2)3/h4-8,13,15H,9-11H2,1-3H3. The van der Waals surface area contributed by atoms with E-state index in [9.17, 15) is 4.79 Å². The van der Waals surface area contributed by atoms with Gasteiger partial charge in [-0.3, -0.25) is 4.79 Å². The summed E-state index contributed by atoms with van der Waals surface area (Å²) in [5, 5.41) is 3.20. The number of hydrogen-bond acceptors (Lipinski definition) is 3. The van der Waals surface area contributed by atoms with Crippen molar-refractivity contribution in [3.63, 3.8) is 0 Å². The first-order chi connectivity index (χ1) is 8.63. The zero-order chi connectivity index (χ0) is 13.4. The molecule has 1 rings (SSSR count). The lowest BCUT2D eigenvalue weighted by atomic mass is 10.1. The Balaban J connectivity index is 2.32. The maximum absolute atomic E-state index is 11.4. The molecule has 0 heterocycles. The van der Waals surface area contributed by atoms with Gasteiger partial charge >= 0.3 is 0 Å². The Morgan fingerprint density at radius 3 is 2.56 bits per heavy atom. The zero-order valence-corrected chi connectivity index (χ0v) is 11.3. The lowest BCUT2D eigenvalue weighted by Crippen LogP contribution is -2.34. The summed E-state index contributed by atoms with van der Waals surface area (Å²) in [5.74, 6) is -0.00966. The number of ether oxygens (including phenoxy) is 1. The molecule has 100 valence electrons. The van der Waals surface area contributed by atoms with Crippen LogP contribution >= 0.6 is 0 Å². The lowest BCUT2D eigenvalue weighted by Gasteiger charge is -2.17. The number of nitrogens with zero attached hydrogens (tertiary/aromatic N) is 1. The predicted octanol–water partition coefficient (Wildman–Crippen LogP) is 0.922. The third-order valence-corrected chi connectivity index (χ3v) is 2.78. The Morgan fingerprint density at radius 1 is 1.33 bits per heavy atom. The van der Waals surface area contributed by atoms with Crippen LogP contribution in [0.2, 0.25) is 0 Å². The van der Waals surface area contributed by atoms with Crippen molar-refractivity contribution >= 4 is 5.91 Å². The molecule has 0 aromatic heterocycles. The molecule has 1 aromatic carbocycles. The van der Waals surface area contributed by atoms with Gasteiger partial charge in [-0.1, -0.05) is 30.3 Å². The average molecular weight is 250 g/mol. The molecule has 0 fully saturated rings. The SMILES string of the molecule is CNC(COCC(=O)N(C)C)Cc1ccccc1. The van der Waals surface area contributed by atoms with Gasteiger partial charge in [-0.2, -0.15) is 0 Å². The predicted molar refractivity (Wildman–Crippen MR) is 72.5 cm³/mol. The molecular weight excluding hydrogens is 228 g/mol. The fraction of sp³-hybridized carbons (Fsp3) is 0.500. The van der Waals surface area contributed by atoms with Crippen LogP contribution in [-0.4, -0.2) is 51.2 Å². The lowest BCUT2D eigenvalue weighted by molar-refractivity contribution is -0.133. The maximum atomic E-state index is 11.4. The second-order valence-electron chi connectivity index (χ2n) is 4.48. The summed E-state index contributed by atoms with van der Waals surface area (Å²) in [5.41, 5.74) is 1.26. The van der Waals surface area contributed by atoms with Crippen molar-refractivity contribution in [2.75, 3.05) is 34.4 Å². The fourth-order valence-corrected chi connectivity index (χ4v) is 1.56. The van der Waals surface area contributed by atoms with Gasteiger partial charge in [0.05, 0.1) is 6.61 Å². The monoisotopic (exact) mass is 250 g/mol. The van der Waals surface area contributed by atoms with Crippen LogP contribution in [0.25, 0.3) is 0 Å². The smallest absolute Gasteiger partial charge is 0.248 e. The Kier molecular flexibility index (Phi) is 6.39. The van der Waals surface area contributed by atoms with Crippen molar-refractivity contribution in [3.05, 3.63) is 35.9 Å². The molecule has 1 aromatic rings. The van der Waals surface area contributed by atoms with Crippen molar-refractivity contribution in [2.45, 2.75) is 12.5 Å². The normalized spacial score (nSPS) is 12.2. The van der Waals surface area contributed by atoms with E-state index in [2.05, 4.69) is 17.4 Å². The summed E-state index contributed by atoms with van der Waals surface area (Å²) in [6.07, 6.45) is 0.896. The molecule has 0 saturated carbocycles. The number of carbonyl (C=O) groups excluding carboxylic acids is 1. The number of nitrogens with one attached hydrogen (secondary N) is 1. The first kappa shape index (κ1) is 14.7. The number of hydrogen-bond donors (Lipinski definition) is 1. The first-order valence-corrected chi connectivity index (χ1v) is 6.12. The molecule has 1 atom stereocenters. The van der Waals surface area contributed by atoms with Crippen molar-refractivity contribution in [2.24, 2.45) is 0 Å². The Bertz CT molecular complexity index is 352. The molecule has 0 spiro atoms. The van der Waals surface area contributed by atoms with Crippen molar-refractivity contribution in [1.82, 2.24) is 10.2 Å². The summed E-state index contributed by atoms with van der Waals surface area (Å²) in [6, 6.07) is 10.5. The molecule has 1 N–H and O–H groups in total. The van der Waals surface area contributed by atoms with Gasteiger partial charge in [0.1, 0.15) is 6.61 Å². The summed E-state index contributed by atoms with van der Waals surface area (Å²) < 4.78 is 5.43. The molecule has 0 bridgehead atoms. The molecule has 4 heteroatoms. The van der Waals surface area contributed by atoms with E-state index in [1.54, 1.807) is 14.1 Å². The highest BCUT2D eigenvalue weighted by atomic mass is 16.5. The third kappa shape index (κ3) is 5.29. The van der Waals surface area contributed by atoms with Crippen LogP contribution in [0.5, 0.6) is 0 Å². The van der Waals surface area contributed by atoms with Gasteiger partial charge in [0.15, 0.2) is 0 Å². The number of carbonyl (C=O) groups is 1. The van der Waals surface area contributed by atoms with E-state index in [-0.39, 0.29) is 18.6 Å². The van der Waals surface area contributed by atoms with E-state index in [1.165, 1.54) is 10.5 Å². The summed E-state index contributed by atoms with van der Waals surface area (Å²) in [6.45, 7) is 0.672. The summed E-state index contributed by atoms with van der Waals surface area (Å²) >= 11 is 0. The Hall–Kier alpha value is -1.39. The van der Waals surface area contributed by atoms with Gasteiger partial charge in [0, 0.05) is 20.1 Å². The van der Waals surface area contributed by atoms with Crippen LogP contribution in [0.4, 0.5) is 0 Å². The maximum Gasteiger partial charge on any atom is 0.248 e. The van der Waals surface area contributed by atoms with Crippen LogP contribution in [-0.2, 0) is 16.0 Å². The fourth-order valence-electron chi connectivity index (χ4n) is 1.56. The largest absolute Gasteiger partial charge is 0.370 e. The molecule has 1 amide bonds. The molecule has 0 aliphatic rings. The molecular formula is C14H22N2O2. The van der Waals surface area contributed by atoms with Gasteiger partial charge in [0.25, 0.3) is 0 Å². The molecule has 0 radical (unpaired) electrons. The van der Waals surface area contributed by atoms with E-state index < -0.39 is 0 Å². The molecule has 4 nitrogen and oxygen atoms in total. The summed E-state index contributed by atoms with van der Waals surface area (Å²) in [4.78, 5) is 12.9. The van der Waals surface area contributed by atoms with E-state index in [0.29, 0.717) is 6.61 Å². The van der Waals surface area contributed by atoms with E-state index in [4.69, 9.17) is 4.74 Å². The minimum Gasteiger partial charge on any atom is -0.370 e. The number of rotatable bonds is 7. The summed E-state index contributed by atoms with van der Waals surface area (Å²) in [7, 11) is 5.36. The van der Waals surface area contributed by atoms with Crippen molar-refractivity contribution in [1.29, 1.82) is 0 Å². The second-order valence-corrected chi connectivity index (χ2v) is 4.48. The average Bonchev–Trinajstić information content (AvgIpc) is 2.38. The Labute approximate surface area is 109 Å². The van der Waals surface area contributed by atoms with Gasteiger partial charge < -0.3 is 15.0 Å². The van der Waals surface area contributed by atoms with Gasteiger partial charge in [-0.25, -0.2) is 0 Å². The van der Waals surface area contributed by atoms with Crippen LogP contribution < -0.4 is 5.32 Å². The molecule has 18 heavy (non-hydrogen) atoms. The number of amides is 1. The van der Waals surface area contributed by atoms with Gasteiger partial charge in [-0.15, -0.1) is 0 Å². The highest BCUT2D eigenvalue weighted by Gasteiger charge is 2.09. The topological polar surface area (TPSA) is 41.6 Å². The minimum atomic E-state index is -0.00966. The highest BCUT2D eigenvalue weighted by molar-refractivity contribution is 5.76. The highest BCUT2D eigenvalue weighted by Crippen LogP contribution is 2.03. The number of benzene rings is 1. The van der Waals surface area contributed by atoms with Crippen molar-refractivity contribution in [3.8, 4) is 0 Å². The van der Waals surface area contributed by atoms with Gasteiger partial charge in [-0.05, 0) is 19.0 Å². The van der Waals surface area contributed by atoms with E-state index in [0.717, 1.165) is 6.42 Å². The molecule has 1 unspecified atom stereocenters. The molecule has 0 aliphatic carbocycles. The molecule has 0 saturated heterocycles. The quantitative estimate of drug-likeness (QED) is 0.782. The van der Waals surface area contributed by atoms with Crippen molar-refractivity contribution < 1.29 is 9.53 Å². The number of likely N-dealkylation sites (N-methyl/N-ethyl adjacent to an activating group) is 2. The van der Waals surface area contributed by atoms with Gasteiger partial charge in [0.2, 0.25) is 5.91 Å². The second kappa shape index (κ2) is 7.84.